The van der Waals surface area contributed by atoms with Crippen LogP contribution in [0.25, 0.3) is 0 Å². The zero-order valence-electron chi connectivity index (χ0n) is 12.4. The van der Waals surface area contributed by atoms with Gasteiger partial charge in [0, 0.05) is 5.46 Å². The van der Waals surface area contributed by atoms with Gasteiger partial charge in [-0.1, -0.05) is 17.7 Å². The highest BCUT2D eigenvalue weighted by molar-refractivity contribution is 6.63. The number of ether oxygens (including phenoxy) is 1. The van der Waals surface area contributed by atoms with Crippen LogP contribution in [0.4, 0.5) is 8.78 Å². The first-order valence-corrected chi connectivity index (χ1v) is 6.53. The largest absolute Gasteiger partial charge is 0.498 e. The molecule has 0 radical (unpaired) electrons. The molecule has 0 unspecified atom stereocenters. The van der Waals surface area contributed by atoms with E-state index in [-0.39, 0.29) is 5.75 Å². The van der Waals surface area contributed by atoms with E-state index in [1.165, 1.54) is 6.07 Å². The SMILES string of the molecule is Cc1ccc(OC(F)F)c(B2OC(C)(C)C(C)(C)O2)c1. The van der Waals surface area contributed by atoms with Gasteiger partial charge in [-0.05, 0) is 40.7 Å². The van der Waals surface area contributed by atoms with Crippen molar-refractivity contribution in [3.63, 3.8) is 0 Å². The minimum Gasteiger partial charge on any atom is -0.435 e. The summed E-state index contributed by atoms with van der Waals surface area (Å²) in [4.78, 5) is 0. The van der Waals surface area contributed by atoms with Crippen LogP contribution in [0.5, 0.6) is 5.75 Å². The minimum atomic E-state index is -2.88. The molecule has 0 aliphatic carbocycles. The smallest absolute Gasteiger partial charge is 0.435 e. The predicted octanol–water partition coefficient (Wildman–Crippen LogP) is 2.90. The Labute approximate surface area is 118 Å². The zero-order chi connectivity index (χ0) is 15.1. The number of hydrogen-bond donors (Lipinski definition) is 0. The molecule has 2 rings (SSSR count). The lowest BCUT2D eigenvalue weighted by molar-refractivity contribution is -0.0492. The number of hydrogen-bond acceptors (Lipinski definition) is 3. The van der Waals surface area contributed by atoms with Gasteiger partial charge < -0.3 is 14.0 Å². The molecular formula is C14H19BF2O3. The Morgan fingerprint density at radius 2 is 1.65 bits per heavy atom. The fourth-order valence-corrected chi connectivity index (χ4v) is 2.03. The minimum absolute atomic E-state index is 0.0871. The van der Waals surface area contributed by atoms with Gasteiger partial charge in [-0.3, -0.25) is 0 Å². The van der Waals surface area contributed by atoms with E-state index < -0.39 is 24.9 Å². The Balaban J connectivity index is 2.36. The molecule has 1 fully saturated rings. The topological polar surface area (TPSA) is 27.7 Å². The quantitative estimate of drug-likeness (QED) is 0.799. The Morgan fingerprint density at radius 1 is 1.10 bits per heavy atom. The summed E-state index contributed by atoms with van der Waals surface area (Å²) in [5.74, 6) is 0.0871. The Hall–Kier alpha value is -1.14. The molecule has 0 aromatic heterocycles. The van der Waals surface area contributed by atoms with Crippen molar-refractivity contribution in [2.45, 2.75) is 52.4 Å². The predicted molar refractivity (Wildman–Crippen MR) is 73.5 cm³/mol. The molecule has 1 aromatic carbocycles. The van der Waals surface area contributed by atoms with E-state index in [0.29, 0.717) is 5.46 Å². The number of halogens is 2. The average molecular weight is 284 g/mol. The fourth-order valence-electron chi connectivity index (χ4n) is 2.03. The van der Waals surface area contributed by atoms with Gasteiger partial charge in [0.15, 0.2) is 0 Å². The number of rotatable bonds is 3. The Morgan fingerprint density at radius 3 is 2.15 bits per heavy atom. The lowest BCUT2D eigenvalue weighted by Crippen LogP contribution is -2.41. The highest BCUT2D eigenvalue weighted by Crippen LogP contribution is 2.37. The van der Waals surface area contributed by atoms with Crippen molar-refractivity contribution in [3.05, 3.63) is 23.8 Å². The highest BCUT2D eigenvalue weighted by Gasteiger charge is 2.52. The van der Waals surface area contributed by atoms with Gasteiger partial charge in [0.05, 0.1) is 11.2 Å². The molecule has 1 aliphatic rings. The maximum Gasteiger partial charge on any atom is 0.498 e. The lowest BCUT2D eigenvalue weighted by atomic mass is 9.77. The molecule has 0 bridgehead atoms. The molecule has 1 aliphatic heterocycles. The molecule has 0 N–H and O–H groups in total. The van der Waals surface area contributed by atoms with Crippen LogP contribution in [0.1, 0.15) is 33.3 Å². The monoisotopic (exact) mass is 284 g/mol. The summed E-state index contributed by atoms with van der Waals surface area (Å²) < 4.78 is 41.3. The molecule has 0 atom stereocenters. The fraction of sp³-hybridized carbons (Fsp3) is 0.571. The van der Waals surface area contributed by atoms with Crippen molar-refractivity contribution >= 4 is 12.6 Å². The molecule has 6 heteroatoms. The van der Waals surface area contributed by atoms with Gasteiger partial charge >= 0.3 is 13.7 Å². The summed E-state index contributed by atoms with van der Waals surface area (Å²) >= 11 is 0. The van der Waals surface area contributed by atoms with E-state index in [0.717, 1.165) is 5.56 Å². The summed E-state index contributed by atoms with van der Waals surface area (Å²) in [6, 6.07) is 4.98. The molecule has 1 aromatic rings. The average Bonchev–Trinajstić information content (AvgIpc) is 2.50. The van der Waals surface area contributed by atoms with Crippen molar-refractivity contribution in [3.8, 4) is 5.75 Å². The van der Waals surface area contributed by atoms with E-state index in [2.05, 4.69) is 4.74 Å². The summed E-state index contributed by atoms with van der Waals surface area (Å²) in [7, 11) is -0.714. The summed E-state index contributed by atoms with van der Waals surface area (Å²) in [5, 5.41) is 0. The van der Waals surface area contributed by atoms with E-state index in [1.54, 1.807) is 12.1 Å². The van der Waals surface area contributed by atoms with Crippen molar-refractivity contribution in [1.82, 2.24) is 0 Å². The van der Waals surface area contributed by atoms with E-state index >= 15 is 0 Å². The van der Waals surface area contributed by atoms with Crippen LogP contribution in [0.2, 0.25) is 0 Å². The van der Waals surface area contributed by atoms with E-state index in [1.807, 2.05) is 34.6 Å². The second-order valence-electron chi connectivity index (χ2n) is 6.01. The molecule has 1 saturated heterocycles. The van der Waals surface area contributed by atoms with Gasteiger partial charge in [-0.15, -0.1) is 0 Å². The third-order valence-corrected chi connectivity index (χ3v) is 3.89. The van der Waals surface area contributed by atoms with Crippen molar-refractivity contribution in [2.75, 3.05) is 0 Å². The molecule has 0 spiro atoms. The molecule has 0 saturated carbocycles. The Kier molecular flexibility index (Phi) is 3.82. The van der Waals surface area contributed by atoms with Crippen molar-refractivity contribution < 1.29 is 22.8 Å². The summed E-state index contributed by atoms with van der Waals surface area (Å²) in [5.41, 5.74) is 0.368. The van der Waals surface area contributed by atoms with Crippen LogP contribution in [0.3, 0.4) is 0 Å². The zero-order valence-corrected chi connectivity index (χ0v) is 12.4. The van der Waals surface area contributed by atoms with Crippen LogP contribution in [-0.4, -0.2) is 24.9 Å². The van der Waals surface area contributed by atoms with Crippen molar-refractivity contribution in [2.24, 2.45) is 0 Å². The summed E-state index contributed by atoms with van der Waals surface area (Å²) in [6.07, 6.45) is 0. The van der Waals surface area contributed by atoms with Gasteiger partial charge in [-0.2, -0.15) is 8.78 Å². The number of aryl methyl sites for hydroxylation is 1. The van der Waals surface area contributed by atoms with Gasteiger partial charge in [-0.25, -0.2) is 0 Å². The van der Waals surface area contributed by atoms with Crippen LogP contribution < -0.4 is 10.2 Å². The Bertz CT molecular complexity index is 487. The number of alkyl halides is 2. The van der Waals surface area contributed by atoms with Crippen LogP contribution in [0.15, 0.2) is 18.2 Å². The van der Waals surface area contributed by atoms with E-state index in [9.17, 15) is 8.78 Å². The molecule has 3 nitrogen and oxygen atoms in total. The van der Waals surface area contributed by atoms with Crippen LogP contribution >= 0.6 is 0 Å². The van der Waals surface area contributed by atoms with Gasteiger partial charge in [0.2, 0.25) is 0 Å². The molecule has 20 heavy (non-hydrogen) atoms. The maximum atomic E-state index is 12.5. The molecule has 0 amide bonds. The molecule has 110 valence electrons. The van der Waals surface area contributed by atoms with E-state index in [4.69, 9.17) is 9.31 Å². The number of benzene rings is 1. The lowest BCUT2D eigenvalue weighted by Gasteiger charge is -2.32. The van der Waals surface area contributed by atoms with Crippen LogP contribution in [0, 0.1) is 6.92 Å². The van der Waals surface area contributed by atoms with Crippen LogP contribution in [-0.2, 0) is 9.31 Å². The standard InChI is InChI=1S/C14H19BF2O3/c1-9-6-7-11(18-12(16)17)10(8-9)15-19-13(2,3)14(4,5)20-15/h6-8,12H,1-5H3. The second kappa shape index (κ2) is 5.00. The van der Waals surface area contributed by atoms with Gasteiger partial charge in [0.1, 0.15) is 5.75 Å². The second-order valence-corrected chi connectivity index (χ2v) is 6.01. The molecule has 1 heterocycles. The first-order valence-electron chi connectivity index (χ1n) is 6.53. The first-order chi connectivity index (χ1) is 9.12. The van der Waals surface area contributed by atoms with Crippen molar-refractivity contribution in [1.29, 1.82) is 0 Å². The normalized spacial score (nSPS) is 20.5. The third kappa shape index (κ3) is 2.81. The first kappa shape index (κ1) is 15.3. The highest BCUT2D eigenvalue weighted by atomic mass is 19.3. The summed E-state index contributed by atoms with van der Waals surface area (Å²) in [6.45, 7) is 6.65. The third-order valence-electron chi connectivity index (χ3n) is 3.89. The maximum absolute atomic E-state index is 12.5. The van der Waals surface area contributed by atoms with Gasteiger partial charge in [0.25, 0.3) is 0 Å². The molecular weight excluding hydrogens is 265 g/mol.